The second-order valence-electron chi connectivity index (χ2n) is 8.06. The summed E-state index contributed by atoms with van der Waals surface area (Å²) in [6, 6.07) is 10.2. The van der Waals surface area contributed by atoms with E-state index in [1.165, 1.54) is 6.07 Å². The number of rotatable bonds is 7. The number of nitrogens with one attached hydrogen (secondary N) is 2. The van der Waals surface area contributed by atoms with Gasteiger partial charge in [0.1, 0.15) is 11.6 Å². The summed E-state index contributed by atoms with van der Waals surface area (Å²) >= 11 is 0. The van der Waals surface area contributed by atoms with Crippen LogP contribution in [0, 0.1) is 5.82 Å². The maximum atomic E-state index is 14.1. The Kier molecular flexibility index (Phi) is 7.39. The smallest absolute Gasteiger partial charge is 0.309 e. The summed E-state index contributed by atoms with van der Waals surface area (Å²) in [5, 5.41) is 5.36. The third-order valence-electron chi connectivity index (χ3n) is 6.00. The van der Waals surface area contributed by atoms with Gasteiger partial charge in [0.2, 0.25) is 0 Å². The van der Waals surface area contributed by atoms with Crippen LogP contribution in [0.15, 0.2) is 47.1 Å². The van der Waals surface area contributed by atoms with Gasteiger partial charge >= 0.3 is 11.8 Å². The van der Waals surface area contributed by atoms with Crippen molar-refractivity contribution in [1.82, 2.24) is 15.5 Å². The molecule has 0 radical (unpaired) electrons. The van der Waals surface area contributed by atoms with E-state index in [4.69, 9.17) is 9.15 Å². The summed E-state index contributed by atoms with van der Waals surface area (Å²) in [5.74, 6) is -0.859. The predicted molar refractivity (Wildman–Crippen MR) is 117 cm³/mol. The van der Waals surface area contributed by atoms with Gasteiger partial charge in [-0.25, -0.2) is 4.39 Å². The van der Waals surface area contributed by atoms with Crippen molar-refractivity contribution in [3.8, 4) is 0 Å². The Balaban J connectivity index is 1.31. The Morgan fingerprint density at radius 3 is 2.53 bits per heavy atom. The number of para-hydroxylation sites is 1. The van der Waals surface area contributed by atoms with Crippen molar-refractivity contribution >= 4 is 17.5 Å². The van der Waals surface area contributed by atoms with E-state index in [1.54, 1.807) is 24.5 Å². The van der Waals surface area contributed by atoms with Gasteiger partial charge in [-0.2, -0.15) is 0 Å². The van der Waals surface area contributed by atoms with E-state index in [9.17, 15) is 14.0 Å². The van der Waals surface area contributed by atoms with Crippen LogP contribution in [0.25, 0.3) is 0 Å². The molecule has 8 nitrogen and oxygen atoms in total. The quantitative estimate of drug-likeness (QED) is 0.632. The highest BCUT2D eigenvalue weighted by Crippen LogP contribution is 2.25. The van der Waals surface area contributed by atoms with Gasteiger partial charge in [-0.15, -0.1) is 0 Å². The number of hydrogen-bond donors (Lipinski definition) is 2. The minimum atomic E-state index is -0.676. The van der Waals surface area contributed by atoms with Crippen molar-refractivity contribution < 1.29 is 23.1 Å². The van der Waals surface area contributed by atoms with E-state index in [-0.39, 0.29) is 24.5 Å². The summed E-state index contributed by atoms with van der Waals surface area (Å²) in [6.07, 6.45) is 3.44. The van der Waals surface area contributed by atoms with Crippen LogP contribution in [0.5, 0.6) is 0 Å². The largest absolute Gasteiger partial charge is 0.468 e. The van der Waals surface area contributed by atoms with Crippen molar-refractivity contribution in [3.63, 3.8) is 0 Å². The van der Waals surface area contributed by atoms with Crippen LogP contribution in [-0.2, 0) is 14.3 Å². The van der Waals surface area contributed by atoms with E-state index in [0.29, 0.717) is 50.8 Å². The first kappa shape index (κ1) is 22.3. The second kappa shape index (κ2) is 10.6. The van der Waals surface area contributed by atoms with Crippen molar-refractivity contribution in [3.05, 3.63) is 54.2 Å². The van der Waals surface area contributed by atoms with E-state index in [2.05, 4.69) is 15.5 Å². The number of carbonyl (C=O) groups is 2. The third-order valence-corrected chi connectivity index (χ3v) is 6.00. The molecule has 2 fully saturated rings. The second-order valence-corrected chi connectivity index (χ2v) is 8.06. The van der Waals surface area contributed by atoms with Crippen molar-refractivity contribution in [1.29, 1.82) is 0 Å². The average Bonchev–Trinajstić information content (AvgIpc) is 3.53. The lowest BCUT2D eigenvalue weighted by atomic mass is 10.1. The zero-order chi connectivity index (χ0) is 22.3. The number of amides is 2. The standard InChI is InChI=1S/C23H29FN4O4/c24-18-6-1-2-7-19(18)27-9-11-28(12-10-27)20(21-8-4-14-32-21)16-26-23(30)22(29)25-15-17-5-3-13-31-17/h1-2,4,6-8,14,17,20H,3,5,9-13,15-16H2,(H,25,29)(H,26,30)/t17-,20+/m0/s1. The van der Waals surface area contributed by atoms with Crippen molar-refractivity contribution in [2.75, 3.05) is 50.8 Å². The number of hydrogen-bond acceptors (Lipinski definition) is 6. The molecule has 2 saturated heterocycles. The van der Waals surface area contributed by atoms with E-state index >= 15 is 0 Å². The highest BCUT2D eigenvalue weighted by atomic mass is 19.1. The number of ether oxygens (including phenoxy) is 1. The first-order valence-electron chi connectivity index (χ1n) is 11.1. The molecule has 0 aliphatic carbocycles. The maximum Gasteiger partial charge on any atom is 0.309 e. The number of anilines is 1. The van der Waals surface area contributed by atoms with E-state index in [0.717, 1.165) is 12.8 Å². The molecule has 2 aliphatic heterocycles. The number of benzene rings is 1. The topological polar surface area (TPSA) is 87.0 Å². The van der Waals surface area contributed by atoms with E-state index < -0.39 is 11.8 Å². The molecule has 0 unspecified atom stereocenters. The molecule has 0 bridgehead atoms. The average molecular weight is 445 g/mol. The summed E-state index contributed by atoms with van der Waals surface area (Å²) in [6.45, 7) is 3.90. The number of piperazine rings is 1. The Labute approximate surface area is 186 Å². The zero-order valence-corrected chi connectivity index (χ0v) is 18.0. The molecular formula is C23H29FN4O4. The minimum Gasteiger partial charge on any atom is -0.468 e. The summed E-state index contributed by atoms with van der Waals surface area (Å²) < 4.78 is 25.2. The molecule has 1 aromatic heterocycles. The van der Waals surface area contributed by atoms with Gasteiger partial charge in [-0.05, 0) is 37.1 Å². The minimum absolute atomic E-state index is 0.0200. The number of nitrogens with zero attached hydrogens (tertiary/aromatic N) is 2. The number of halogens is 1. The number of carbonyl (C=O) groups excluding carboxylic acids is 2. The van der Waals surface area contributed by atoms with Gasteiger partial charge in [0, 0.05) is 45.9 Å². The van der Waals surface area contributed by atoms with Crippen LogP contribution < -0.4 is 15.5 Å². The van der Waals surface area contributed by atoms with Crippen LogP contribution in [-0.4, -0.2) is 68.7 Å². The fourth-order valence-corrected chi connectivity index (χ4v) is 4.23. The van der Waals surface area contributed by atoms with Gasteiger partial charge in [-0.1, -0.05) is 12.1 Å². The van der Waals surface area contributed by atoms with Gasteiger partial charge < -0.3 is 24.7 Å². The summed E-state index contributed by atoms with van der Waals surface area (Å²) in [4.78, 5) is 28.7. The lowest BCUT2D eigenvalue weighted by Gasteiger charge is -2.39. The molecular weight excluding hydrogens is 415 g/mol. The first-order valence-corrected chi connectivity index (χ1v) is 11.1. The van der Waals surface area contributed by atoms with Gasteiger partial charge in [0.25, 0.3) is 0 Å². The van der Waals surface area contributed by atoms with Crippen molar-refractivity contribution in [2.45, 2.75) is 25.0 Å². The molecule has 3 heterocycles. The Morgan fingerprint density at radius 1 is 1.06 bits per heavy atom. The fourth-order valence-electron chi connectivity index (χ4n) is 4.23. The van der Waals surface area contributed by atoms with Crippen LogP contribution in [0.2, 0.25) is 0 Å². The SMILES string of the molecule is O=C(NC[C@@H]1CCCO1)C(=O)NC[C@H](c1ccco1)N1CCN(c2ccccc2F)CC1. The van der Waals surface area contributed by atoms with Crippen LogP contribution in [0.1, 0.15) is 24.6 Å². The van der Waals surface area contributed by atoms with Crippen LogP contribution in [0.4, 0.5) is 10.1 Å². The Hall–Kier alpha value is -2.91. The first-order chi connectivity index (χ1) is 15.6. The van der Waals surface area contributed by atoms with Crippen LogP contribution in [0.3, 0.4) is 0 Å². The van der Waals surface area contributed by atoms with E-state index in [1.807, 2.05) is 17.0 Å². The number of furan rings is 1. The molecule has 2 amide bonds. The van der Waals surface area contributed by atoms with Gasteiger partial charge in [-0.3, -0.25) is 14.5 Å². The molecule has 32 heavy (non-hydrogen) atoms. The highest BCUT2D eigenvalue weighted by molar-refractivity contribution is 6.35. The fraction of sp³-hybridized carbons (Fsp3) is 0.478. The molecule has 2 atom stereocenters. The summed E-state index contributed by atoms with van der Waals surface area (Å²) in [7, 11) is 0. The lowest BCUT2D eigenvalue weighted by molar-refractivity contribution is -0.139. The predicted octanol–water partition coefficient (Wildman–Crippen LogP) is 1.69. The summed E-state index contributed by atoms with van der Waals surface area (Å²) in [5.41, 5.74) is 0.595. The molecule has 0 saturated carbocycles. The Bertz CT molecular complexity index is 893. The highest BCUT2D eigenvalue weighted by Gasteiger charge is 2.29. The van der Waals surface area contributed by atoms with Crippen LogP contribution >= 0.6 is 0 Å². The molecule has 0 spiro atoms. The molecule has 4 rings (SSSR count). The molecule has 2 aromatic rings. The molecule has 9 heteroatoms. The van der Waals surface area contributed by atoms with Gasteiger partial charge in [0.05, 0.1) is 24.1 Å². The molecule has 2 aliphatic rings. The lowest BCUT2D eigenvalue weighted by Crippen LogP contribution is -2.51. The molecule has 2 N–H and O–H groups in total. The molecule has 172 valence electrons. The normalized spacial score (nSPS) is 20.2. The monoisotopic (exact) mass is 444 g/mol. The Morgan fingerprint density at radius 2 is 1.84 bits per heavy atom. The maximum absolute atomic E-state index is 14.1. The van der Waals surface area contributed by atoms with Crippen molar-refractivity contribution in [2.24, 2.45) is 0 Å². The zero-order valence-electron chi connectivity index (χ0n) is 18.0. The third kappa shape index (κ3) is 5.46. The van der Waals surface area contributed by atoms with Gasteiger partial charge in [0.15, 0.2) is 0 Å². The molecule has 1 aromatic carbocycles.